The van der Waals surface area contributed by atoms with E-state index in [0.717, 1.165) is 23.7 Å². The van der Waals surface area contributed by atoms with Gasteiger partial charge < -0.3 is 5.11 Å². The zero-order valence-corrected chi connectivity index (χ0v) is 15.6. The lowest BCUT2D eigenvalue weighted by molar-refractivity contribution is 0.156. The number of hydrogen-bond donors (Lipinski definition) is 1. The van der Waals surface area contributed by atoms with Crippen LogP contribution in [0.15, 0.2) is 58.2 Å². The SMILES string of the molecule is CCCn1c(=O)n(C[C@@H](O)c2ccc(S(C)(=O)=O)cc2)c2ccccc21. The third-order valence-electron chi connectivity index (χ3n) is 4.42. The molecule has 0 fully saturated rings. The number of aliphatic hydroxyl groups excluding tert-OH is 1. The molecule has 0 bridgehead atoms. The van der Waals surface area contributed by atoms with E-state index in [9.17, 15) is 18.3 Å². The van der Waals surface area contributed by atoms with Gasteiger partial charge in [-0.25, -0.2) is 13.2 Å². The lowest BCUT2D eigenvalue weighted by Gasteiger charge is -2.12. The maximum atomic E-state index is 12.8. The van der Waals surface area contributed by atoms with E-state index < -0.39 is 15.9 Å². The summed E-state index contributed by atoms with van der Waals surface area (Å²) in [6.45, 7) is 2.73. The molecule has 0 aliphatic heterocycles. The summed E-state index contributed by atoms with van der Waals surface area (Å²) in [7, 11) is -3.28. The molecule has 0 saturated carbocycles. The van der Waals surface area contributed by atoms with E-state index in [0.29, 0.717) is 12.1 Å². The summed E-state index contributed by atoms with van der Waals surface area (Å²) in [6, 6.07) is 13.6. The van der Waals surface area contributed by atoms with Crippen molar-refractivity contribution < 1.29 is 13.5 Å². The summed E-state index contributed by atoms with van der Waals surface area (Å²) in [4.78, 5) is 13.0. The average Bonchev–Trinajstić information content (AvgIpc) is 2.87. The highest BCUT2D eigenvalue weighted by atomic mass is 32.2. The summed E-state index contributed by atoms with van der Waals surface area (Å²) in [5, 5.41) is 10.6. The van der Waals surface area contributed by atoms with Gasteiger partial charge in [0.25, 0.3) is 0 Å². The second kappa shape index (κ2) is 7.09. The maximum absolute atomic E-state index is 12.8. The largest absolute Gasteiger partial charge is 0.387 e. The van der Waals surface area contributed by atoms with E-state index in [1.165, 1.54) is 12.1 Å². The molecular weight excluding hydrogens is 352 g/mol. The highest BCUT2D eigenvalue weighted by Gasteiger charge is 2.17. The van der Waals surface area contributed by atoms with Crippen LogP contribution in [0.3, 0.4) is 0 Å². The van der Waals surface area contributed by atoms with Crippen LogP contribution in [0.2, 0.25) is 0 Å². The molecule has 2 aromatic carbocycles. The fourth-order valence-corrected chi connectivity index (χ4v) is 3.73. The normalized spacial score (nSPS) is 13.2. The molecule has 0 spiro atoms. The van der Waals surface area contributed by atoms with E-state index >= 15 is 0 Å². The Hall–Kier alpha value is -2.38. The molecule has 3 rings (SSSR count). The molecule has 1 heterocycles. The first-order chi connectivity index (χ1) is 12.3. The molecule has 3 aromatic rings. The second-order valence-corrected chi connectivity index (χ2v) is 8.41. The van der Waals surface area contributed by atoms with Gasteiger partial charge in [-0.3, -0.25) is 9.13 Å². The number of aromatic nitrogens is 2. The van der Waals surface area contributed by atoms with Crippen LogP contribution in [0.1, 0.15) is 25.0 Å². The standard InChI is InChI=1S/C19H22N2O4S/c1-3-12-20-16-6-4-5-7-17(16)21(19(20)23)13-18(22)14-8-10-15(11-9-14)26(2,24)25/h4-11,18,22H,3,12-13H2,1-2H3/t18-/m1/s1. The van der Waals surface area contributed by atoms with Crippen molar-refractivity contribution in [3.8, 4) is 0 Å². The van der Waals surface area contributed by atoms with E-state index in [-0.39, 0.29) is 17.1 Å². The van der Waals surface area contributed by atoms with E-state index in [1.54, 1.807) is 21.3 Å². The van der Waals surface area contributed by atoms with Gasteiger partial charge in [0, 0.05) is 12.8 Å². The van der Waals surface area contributed by atoms with Crippen molar-refractivity contribution >= 4 is 20.9 Å². The van der Waals surface area contributed by atoms with E-state index in [1.807, 2.05) is 31.2 Å². The fraction of sp³-hybridized carbons (Fsp3) is 0.316. The molecule has 1 N–H and O–H groups in total. The number of sulfone groups is 1. The number of imidazole rings is 1. The van der Waals surface area contributed by atoms with Gasteiger partial charge in [-0.1, -0.05) is 31.2 Å². The van der Waals surface area contributed by atoms with Crippen LogP contribution < -0.4 is 5.69 Å². The van der Waals surface area contributed by atoms with Crippen LogP contribution >= 0.6 is 0 Å². The number of fused-ring (bicyclic) bond motifs is 1. The molecule has 0 aliphatic carbocycles. The molecule has 6 nitrogen and oxygen atoms in total. The van der Waals surface area contributed by atoms with Crippen LogP contribution in [0.5, 0.6) is 0 Å². The molecule has 138 valence electrons. The molecule has 1 aromatic heterocycles. The Labute approximate surface area is 152 Å². The quantitative estimate of drug-likeness (QED) is 0.718. The first-order valence-corrected chi connectivity index (χ1v) is 10.4. The Bertz CT molecular complexity index is 1080. The van der Waals surface area contributed by atoms with Gasteiger partial charge >= 0.3 is 5.69 Å². The van der Waals surface area contributed by atoms with Gasteiger partial charge in [-0.15, -0.1) is 0 Å². The van der Waals surface area contributed by atoms with Crippen molar-refractivity contribution in [3.05, 3.63) is 64.6 Å². The predicted molar refractivity (Wildman–Crippen MR) is 101 cm³/mol. The third kappa shape index (κ3) is 3.45. The van der Waals surface area contributed by atoms with Gasteiger partial charge in [0.2, 0.25) is 0 Å². The van der Waals surface area contributed by atoms with Crippen molar-refractivity contribution in [2.75, 3.05) is 6.26 Å². The number of para-hydroxylation sites is 2. The predicted octanol–water partition coefficient (Wildman–Crippen LogP) is 2.35. The van der Waals surface area contributed by atoms with Gasteiger partial charge in [0.15, 0.2) is 9.84 Å². The number of aliphatic hydroxyl groups is 1. The van der Waals surface area contributed by atoms with Crippen LogP contribution in [0, 0.1) is 0 Å². The van der Waals surface area contributed by atoms with Crippen LogP contribution in [-0.2, 0) is 22.9 Å². The minimum Gasteiger partial charge on any atom is -0.387 e. The number of benzene rings is 2. The first kappa shape index (κ1) is 18.4. The molecule has 7 heteroatoms. The van der Waals surface area contributed by atoms with Gasteiger partial charge in [0.05, 0.1) is 28.6 Å². The highest BCUT2D eigenvalue weighted by Crippen LogP contribution is 2.20. The minimum absolute atomic E-state index is 0.105. The van der Waals surface area contributed by atoms with Crippen molar-refractivity contribution in [1.29, 1.82) is 0 Å². The smallest absolute Gasteiger partial charge is 0.329 e. The van der Waals surface area contributed by atoms with Gasteiger partial charge in [-0.2, -0.15) is 0 Å². The number of hydrogen-bond acceptors (Lipinski definition) is 4. The molecule has 0 unspecified atom stereocenters. The number of rotatable bonds is 6. The summed E-state index contributed by atoms with van der Waals surface area (Å²) in [6.07, 6.45) is 1.06. The van der Waals surface area contributed by atoms with Crippen molar-refractivity contribution in [3.63, 3.8) is 0 Å². The van der Waals surface area contributed by atoms with Crippen molar-refractivity contribution in [2.24, 2.45) is 0 Å². The zero-order chi connectivity index (χ0) is 18.9. The van der Waals surface area contributed by atoms with Gasteiger partial charge in [-0.05, 0) is 36.2 Å². The Morgan fingerprint density at radius 2 is 1.58 bits per heavy atom. The lowest BCUT2D eigenvalue weighted by atomic mass is 10.1. The zero-order valence-electron chi connectivity index (χ0n) is 14.8. The van der Waals surface area contributed by atoms with Crippen LogP contribution in [-0.4, -0.2) is 28.9 Å². The number of nitrogens with zero attached hydrogens (tertiary/aromatic N) is 2. The molecule has 0 aliphatic rings. The summed E-state index contributed by atoms with van der Waals surface area (Å²) >= 11 is 0. The lowest BCUT2D eigenvalue weighted by Crippen LogP contribution is -2.26. The summed E-state index contributed by atoms with van der Waals surface area (Å²) < 4.78 is 26.4. The molecule has 26 heavy (non-hydrogen) atoms. The third-order valence-corrected chi connectivity index (χ3v) is 5.55. The molecule has 0 amide bonds. The first-order valence-electron chi connectivity index (χ1n) is 8.49. The van der Waals surface area contributed by atoms with Crippen molar-refractivity contribution in [2.45, 2.75) is 37.4 Å². The molecule has 1 atom stereocenters. The fourth-order valence-electron chi connectivity index (χ4n) is 3.10. The molecule has 0 radical (unpaired) electrons. The molecule has 0 saturated heterocycles. The van der Waals surface area contributed by atoms with Crippen LogP contribution in [0.25, 0.3) is 11.0 Å². The minimum atomic E-state index is -3.28. The topological polar surface area (TPSA) is 81.3 Å². The van der Waals surface area contributed by atoms with Gasteiger partial charge in [0.1, 0.15) is 0 Å². The Balaban J connectivity index is 1.96. The van der Waals surface area contributed by atoms with Crippen molar-refractivity contribution in [1.82, 2.24) is 9.13 Å². The summed E-state index contributed by atoms with van der Waals surface area (Å²) in [5.74, 6) is 0. The monoisotopic (exact) mass is 374 g/mol. The van der Waals surface area contributed by atoms with E-state index in [2.05, 4.69) is 0 Å². The Morgan fingerprint density at radius 1 is 1.00 bits per heavy atom. The average molecular weight is 374 g/mol. The highest BCUT2D eigenvalue weighted by molar-refractivity contribution is 7.90. The Morgan fingerprint density at radius 3 is 2.12 bits per heavy atom. The van der Waals surface area contributed by atoms with Crippen LogP contribution in [0.4, 0.5) is 0 Å². The summed E-state index contributed by atoms with van der Waals surface area (Å²) in [5.41, 5.74) is 2.04. The molecular formula is C19H22N2O4S. The maximum Gasteiger partial charge on any atom is 0.329 e. The Kier molecular flexibility index (Phi) is 5.02. The van der Waals surface area contributed by atoms with E-state index in [4.69, 9.17) is 0 Å². The number of aryl methyl sites for hydroxylation is 1. The second-order valence-electron chi connectivity index (χ2n) is 6.39.